The third-order valence-electron chi connectivity index (χ3n) is 4.13. The quantitative estimate of drug-likeness (QED) is 0.844. The van der Waals surface area contributed by atoms with Gasteiger partial charge in [0.1, 0.15) is 0 Å². The molecule has 1 amide bonds. The summed E-state index contributed by atoms with van der Waals surface area (Å²) in [5.74, 6) is 0.0510. The number of rotatable bonds is 3. The van der Waals surface area contributed by atoms with E-state index < -0.39 is 6.10 Å². The number of thiazole rings is 1. The van der Waals surface area contributed by atoms with Gasteiger partial charge in [0.25, 0.3) is 0 Å². The smallest absolute Gasteiger partial charge is 0.228 e. The van der Waals surface area contributed by atoms with Crippen LogP contribution in [0.25, 0.3) is 0 Å². The highest BCUT2D eigenvalue weighted by Crippen LogP contribution is 2.19. The molecule has 1 aromatic rings. The fraction of sp³-hybridized carbons (Fsp3) is 0.714. The van der Waals surface area contributed by atoms with Crippen molar-refractivity contribution in [2.24, 2.45) is 0 Å². The lowest BCUT2D eigenvalue weighted by molar-refractivity contribution is -0.129. The maximum atomic E-state index is 12.3. The molecule has 1 aromatic heterocycles. The molecule has 0 unspecified atom stereocenters. The Kier molecular flexibility index (Phi) is 4.54. The number of nitrogens with zero attached hydrogens (tertiary/aromatic N) is 3. The average molecular weight is 311 g/mol. The first kappa shape index (κ1) is 14.9. The molecule has 3 heterocycles. The third kappa shape index (κ3) is 3.42. The fourth-order valence-corrected chi connectivity index (χ4v) is 3.61. The molecule has 6 nitrogen and oxygen atoms in total. The van der Waals surface area contributed by atoms with Gasteiger partial charge in [0.2, 0.25) is 5.91 Å². The highest BCUT2D eigenvalue weighted by Gasteiger charge is 2.38. The summed E-state index contributed by atoms with van der Waals surface area (Å²) < 4.78 is 5.34. The first-order valence-electron chi connectivity index (χ1n) is 7.32. The zero-order chi connectivity index (χ0) is 14.8. The Morgan fingerprint density at radius 1 is 1.48 bits per heavy atom. The number of hydrogen-bond acceptors (Lipinski definition) is 6. The van der Waals surface area contributed by atoms with Crippen molar-refractivity contribution in [3.05, 3.63) is 16.1 Å². The molecular weight excluding hydrogens is 290 g/mol. The molecule has 3 rings (SSSR count). The van der Waals surface area contributed by atoms with E-state index in [4.69, 9.17) is 4.74 Å². The summed E-state index contributed by atoms with van der Waals surface area (Å²) in [4.78, 5) is 20.7. The van der Waals surface area contributed by atoms with Crippen LogP contribution >= 0.6 is 11.3 Å². The molecule has 0 bridgehead atoms. The van der Waals surface area contributed by atoms with Crippen molar-refractivity contribution in [3.63, 3.8) is 0 Å². The molecule has 2 fully saturated rings. The zero-order valence-electron chi connectivity index (χ0n) is 12.2. The van der Waals surface area contributed by atoms with Crippen LogP contribution in [0.1, 0.15) is 10.7 Å². The minimum atomic E-state index is -0.468. The molecule has 2 atom stereocenters. The molecule has 21 heavy (non-hydrogen) atoms. The Balaban J connectivity index is 1.58. The number of aromatic nitrogens is 1. The Morgan fingerprint density at radius 3 is 2.90 bits per heavy atom. The van der Waals surface area contributed by atoms with E-state index in [2.05, 4.69) is 9.88 Å². The topological polar surface area (TPSA) is 65.9 Å². The molecule has 1 N–H and O–H groups in total. The number of amides is 1. The number of morpholine rings is 1. The summed E-state index contributed by atoms with van der Waals surface area (Å²) >= 11 is 1.56. The highest BCUT2D eigenvalue weighted by atomic mass is 32.1. The van der Waals surface area contributed by atoms with Gasteiger partial charge in [0, 0.05) is 31.6 Å². The monoisotopic (exact) mass is 311 g/mol. The summed E-state index contributed by atoms with van der Waals surface area (Å²) in [5, 5.41) is 13.1. The van der Waals surface area contributed by atoms with Crippen molar-refractivity contribution >= 4 is 17.2 Å². The number of aryl methyl sites for hydroxylation is 1. The second-order valence-electron chi connectivity index (χ2n) is 5.62. The summed E-state index contributed by atoms with van der Waals surface area (Å²) in [6.07, 6.45) is -0.142. The van der Waals surface area contributed by atoms with Crippen LogP contribution in [0.15, 0.2) is 5.38 Å². The summed E-state index contributed by atoms with van der Waals surface area (Å²) in [5.41, 5.74) is 0.826. The van der Waals surface area contributed by atoms with Gasteiger partial charge in [-0.05, 0) is 6.92 Å². The summed E-state index contributed by atoms with van der Waals surface area (Å²) in [6.45, 7) is 6.02. The van der Waals surface area contributed by atoms with E-state index in [0.29, 0.717) is 32.7 Å². The van der Waals surface area contributed by atoms with Crippen LogP contribution in [0.3, 0.4) is 0 Å². The number of hydrogen-bond donors (Lipinski definition) is 1. The Bertz CT molecular complexity index is 501. The maximum Gasteiger partial charge on any atom is 0.228 e. The largest absolute Gasteiger partial charge is 0.390 e. The van der Waals surface area contributed by atoms with Crippen molar-refractivity contribution in [3.8, 4) is 0 Å². The fourth-order valence-electron chi connectivity index (χ4n) is 3.00. The maximum absolute atomic E-state index is 12.3. The van der Waals surface area contributed by atoms with Gasteiger partial charge in [0.05, 0.1) is 42.5 Å². The van der Waals surface area contributed by atoms with Crippen molar-refractivity contribution in [1.29, 1.82) is 0 Å². The molecule has 2 saturated heterocycles. The van der Waals surface area contributed by atoms with Gasteiger partial charge >= 0.3 is 0 Å². The van der Waals surface area contributed by atoms with E-state index in [9.17, 15) is 9.90 Å². The molecule has 7 heteroatoms. The van der Waals surface area contributed by atoms with Gasteiger partial charge < -0.3 is 14.7 Å². The van der Waals surface area contributed by atoms with E-state index >= 15 is 0 Å². The van der Waals surface area contributed by atoms with Crippen molar-refractivity contribution in [2.45, 2.75) is 25.5 Å². The Hall–Kier alpha value is -1.02. The van der Waals surface area contributed by atoms with Gasteiger partial charge in [-0.15, -0.1) is 11.3 Å². The average Bonchev–Trinajstić information content (AvgIpc) is 3.06. The highest BCUT2D eigenvalue weighted by molar-refractivity contribution is 7.09. The number of aliphatic hydroxyl groups is 1. The molecule has 116 valence electrons. The van der Waals surface area contributed by atoms with E-state index in [1.165, 1.54) is 0 Å². The Labute approximate surface area is 128 Å². The standard InChI is InChI=1S/C14H21N3O3S/c1-10-15-11(9-21-10)6-14(19)17-7-12(13(18)8-17)16-2-4-20-5-3-16/h9,12-13,18H,2-8H2,1H3/t12-,13-/m1/s1. The summed E-state index contributed by atoms with van der Waals surface area (Å²) in [6, 6.07) is 0.0371. The SMILES string of the molecule is Cc1nc(CC(=O)N2C[C@@H](O)[C@H](N3CCOCC3)C2)cs1. The zero-order valence-corrected chi connectivity index (χ0v) is 13.0. The first-order valence-corrected chi connectivity index (χ1v) is 8.20. The van der Waals surface area contributed by atoms with E-state index in [1.54, 1.807) is 16.2 Å². The van der Waals surface area contributed by atoms with Crippen LogP contribution in [-0.4, -0.2) is 77.3 Å². The van der Waals surface area contributed by atoms with Crippen LogP contribution in [0.5, 0.6) is 0 Å². The minimum absolute atomic E-state index is 0.0371. The van der Waals surface area contributed by atoms with Gasteiger partial charge in [-0.2, -0.15) is 0 Å². The van der Waals surface area contributed by atoms with Gasteiger partial charge in [0.15, 0.2) is 0 Å². The van der Waals surface area contributed by atoms with Gasteiger partial charge in [-0.25, -0.2) is 4.98 Å². The number of carbonyl (C=O) groups excluding carboxylic acids is 1. The lowest BCUT2D eigenvalue weighted by Crippen LogP contribution is -2.49. The molecular formula is C14H21N3O3S. The van der Waals surface area contributed by atoms with Gasteiger partial charge in [-0.1, -0.05) is 0 Å². The Morgan fingerprint density at radius 2 is 2.24 bits per heavy atom. The normalized spacial score (nSPS) is 27.2. The van der Waals surface area contributed by atoms with E-state index in [0.717, 1.165) is 23.8 Å². The number of carbonyl (C=O) groups is 1. The second-order valence-corrected chi connectivity index (χ2v) is 6.68. The molecule has 0 aliphatic carbocycles. The molecule has 0 saturated carbocycles. The van der Waals surface area contributed by atoms with Crippen LogP contribution < -0.4 is 0 Å². The lowest BCUT2D eigenvalue weighted by atomic mass is 10.1. The van der Waals surface area contributed by atoms with Crippen LogP contribution in [-0.2, 0) is 16.0 Å². The van der Waals surface area contributed by atoms with Crippen LogP contribution in [0.2, 0.25) is 0 Å². The number of ether oxygens (including phenoxy) is 1. The molecule has 0 radical (unpaired) electrons. The van der Waals surface area contributed by atoms with E-state index in [-0.39, 0.29) is 11.9 Å². The minimum Gasteiger partial charge on any atom is -0.390 e. The predicted octanol–water partition coefficient (Wildman–Crippen LogP) is -0.102. The van der Waals surface area contributed by atoms with Crippen molar-refractivity contribution in [1.82, 2.24) is 14.8 Å². The molecule has 2 aliphatic heterocycles. The predicted molar refractivity (Wildman–Crippen MR) is 79.3 cm³/mol. The lowest BCUT2D eigenvalue weighted by Gasteiger charge is -2.33. The molecule has 2 aliphatic rings. The van der Waals surface area contributed by atoms with Crippen LogP contribution in [0, 0.1) is 6.92 Å². The van der Waals surface area contributed by atoms with Gasteiger partial charge in [-0.3, -0.25) is 9.69 Å². The van der Waals surface area contributed by atoms with Crippen molar-refractivity contribution in [2.75, 3.05) is 39.4 Å². The molecule has 0 spiro atoms. The summed E-state index contributed by atoms with van der Waals surface area (Å²) in [7, 11) is 0. The number of β-amino-alcohol motifs (C(OH)–C–C–N with tert-alkyl or cyclic N) is 1. The third-order valence-corrected chi connectivity index (χ3v) is 4.95. The number of likely N-dealkylation sites (tertiary alicyclic amines) is 1. The van der Waals surface area contributed by atoms with Crippen molar-refractivity contribution < 1.29 is 14.6 Å². The number of aliphatic hydroxyl groups excluding tert-OH is 1. The van der Waals surface area contributed by atoms with Crippen LogP contribution in [0.4, 0.5) is 0 Å². The first-order chi connectivity index (χ1) is 10.1. The second kappa shape index (κ2) is 6.39. The molecule has 0 aromatic carbocycles. The van der Waals surface area contributed by atoms with E-state index in [1.807, 2.05) is 12.3 Å².